The Morgan fingerprint density at radius 2 is 2.16 bits per heavy atom. The fourth-order valence-corrected chi connectivity index (χ4v) is 2.14. The summed E-state index contributed by atoms with van der Waals surface area (Å²) in [6.45, 7) is -0.0634. The summed E-state index contributed by atoms with van der Waals surface area (Å²) in [5.41, 5.74) is 0.151. The molecule has 0 aliphatic heterocycles. The summed E-state index contributed by atoms with van der Waals surface area (Å²) in [5, 5.41) is 8.91. The molecule has 1 aromatic carbocycles. The van der Waals surface area contributed by atoms with E-state index in [2.05, 4.69) is 0 Å². The Labute approximate surface area is 124 Å². The number of hydrogen-bond donors (Lipinski definition) is 1. The monoisotopic (exact) mass is 375 g/mol. The molecule has 0 spiro atoms. The van der Waals surface area contributed by atoms with E-state index in [0.717, 1.165) is 16.4 Å². The number of ether oxygens (including phenoxy) is 1. The topological polar surface area (TPSA) is 66.8 Å². The van der Waals surface area contributed by atoms with Gasteiger partial charge in [0.2, 0.25) is 0 Å². The molecule has 0 saturated heterocycles. The predicted molar refractivity (Wildman–Crippen MR) is 77.4 cm³/mol. The molecule has 2 rings (SSSR count). The number of benzene rings is 1. The molecule has 1 saturated carbocycles. The van der Waals surface area contributed by atoms with Gasteiger partial charge in [0.1, 0.15) is 5.75 Å². The number of likely N-dealkylation sites (N-methyl/N-ethyl adjacent to an activating group) is 1. The maximum absolute atomic E-state index is 11.8. The molecule has 0 aromatic heterocycles. The van der Waals surface area contributed by atoms with E-state index in [1.165, 1.54) is 12.1 Å². The van der Waals surface area contributed by atoms with Crippen molar-refractivity contribution in [3.8, 4) is 5.75 Å². The molecular weight excluding hydrogens is 361 g/mol. The summed E-state index contributed by atoms with van der Waals surface area (Å²) in [4.78, 5) is 24.4. The van der Waals surface area contributed by atoms with Crippen molar-refractivity contribution in [2.45, 2.75) is 18.9 Å². The molecule has 102 valence electrons. The Morgan fingerprint density at radius 3 is 2.74 bits per heavy atom. The highest BCUT2D eigenvalue weighted by atomic mass is 127. The number of halogens is 1. The first-order valence-corrected chi connectivity index (χ1v) is 6.98. The van der Waals surface area contributed by atoms with E-state index in [1.807, 2.05) is 22.6 Å². The summed E-state index contributed by atoms with van der Waals surface area (Å²) in [6, 6.07) is 4.96. The molecule has 1 amide bonds. The van der Waals surface area contributed by atoms with E-state index in [-0.39, 0.29) is 18.1 Å². The summed E-state index contributed by atoms with van der Waals surface area (Å²) >= 11 is 2.05. The molecule has 5 nitrogen and oxygen atoms in total. The van der Waals surface area contributed by atoms with Gasteiger partial charge in [0.05, 0.1) is 9.13 Å². The van der Waals surface area contributed by atoms with Crippen LogP contribution >= 0.6 is 22.6 Å². The molecule has 0 bridgehead atoms. The maximum atomic E-state index is 11.8. The van der Waals surface area contributed by atoms with Crippen LogP contribution in [0.3, 0.4) is 0 Å². The first-order valence-electron chi connectivity index (χ1n) is 5.90. The number of carboxylic acids is 1. The van der Waals surface area contributed by atoms with Gasteiger partial charge in [-0.1, -0.05) is 0 Å². The van der Waals surface area contributed by atoms with Crippen molar-refractivity contribution >= 4 is 34.5 Å². The van der Waals surface area contributed by atoms with Crippen LogP contribution < -0.4 is 4.74 Å². The van der Waals surface area contributed by atoms with E-state index in [0.29, 0.717) is 11.8 Å². The Bertz CT molecular complexity index is 513. The lowest BCUT2D eigenvalue weighted by Gasteiger charge is -2.17. The Balaban J connectivity index is 2.00. The molecule has 6 heteroatoms. The van der Waals surface area contributed by atoms with Crippen LogP contribution in [0, 0.1) is 3.57 Å². The van der Waals surface area contributed by atoms with E-state index in [1.54, 1.807) is 18.0 Å². The molecule has 0 radical (unpaired) electrons. The first kappa shape index (κ1) is 14.1. The molecule has 0 heterocycles. The molecule has 0 unspecified atom stereocenters. The second kappa shape index (κ2) is 5.77. The van der Waals surface area contributed by atoms with Gasteiger partial charge < -0.3 is 14.7 Å². The van der Waals surface area contributed by atoms with E-state index in [4.69, 9.17) is 9.84 Å². The SMILES string of the molecule is CN(C(=O)COc1cc(C(=O)O)ccc1I)C1CC1. The van der Waals surface area contributed by atoms with Crippen LogP contribution in [-0.2, 0) is 4.79 Å². The number of rotatable bonds is 5. The zero-order valence-corrected chi connectivity index (χ0v) is 12.6. The third-order valence-electron chi connectivity index (χ3n) is 3.02. The van der Waals surface area contributed by atoms with Gasteiger partial charge in [-0.15, -0.1) is 0 Å². The minimum absolute atomic E-state index is 0.0634. The minimum Gasteiger partial charge on any atom is -0.483 e. The summed E-state index contributed by atoms with van der Waals surface area (Å²) in [7, 11) is 1.77. The predicted octanol–water partition coefficient (Wildman–Crippen LogP) is 1.99. The second-order valence-corrected chi connectivity index (χ2v) is 5.64. The van der Waals surface area contributed by atoms with Crippen LogP contribution in [0.1, 0.15) is 23.2 Å². The van der Waals surface area contributed by atoms with Gasteiger partial charge in [-0.05, 0) is 53.6 Å². The van der Waals surface area contributed by atoms with E-state index in [9.17, 15) is 9.59 Å². The second-order valence-electron chi connectivity index (χ2n) is 4.47. The highest BCUT2D eigenvalue weighted by molar-refractivity contribution is 14.1. The number of aromatic carboxylic acids is 1. The molecule has 0 atom stereocenters. The van der Waals surface area contributed by atoms with Crippen LogP contribution in [0.2, 0.25) is 0 Å². The number of carbonyl (C=O) groups excluding carboxylic acids is 1. The summed E-state index contributed by atoms with van der Waals surface area (Å²) < 4.78 is 6.21. The fraction of sp³-hybridized carbons (Fsp3) is 0.385. The van der Waals surface area contributed by atoms with Gasteiger partial charge in [0, 0.05) is 13.1 Å². The number of amides is 1. The normalized spacial score (nSPS) is 14.0. The van der Waals surface area contributed by atoms with Gasteiger partial charge in [0.25, 0.3) is 5.91 Å². The van der Waals surface area contributed by atoms with Crippen molar-refractivity contribution in [2.24, 2.45) is 0 Å². The van der Waals surface area contributed by atoms with Crippen LogP contribution in [-0.4, -0.2) is 41.6 Å². The highest BCUT2D eigenvalue weighted by Gasteiger charge is 2.29. The van der Waals surface area contributed by atoms with Crippen molar-refractivity contribution < 1.29 is 19.4 Å². The van der Waals surface area contributed by atoms with Crippen molar-refractivity contribution in [3.05, 3.63) is 27.3 Å². The summed E-state index contributed by atoms with van der Waals surface area (Å²) in [6.07, 6.45) is 2.10. The van der Waals surface area contributed by atoms with Crippen molar-refractivity contribution in [3.63, 3.8) is 0 Å². The first-order chi connectivity index (χ1) is 8.99. The molecule has 1 aromatic rings. The molecule has 1 N–H and O–H groups in total. The number of hydrogen-bond acceptors (Lipinski definition) is 3. The van der Waals surface area contributed by atoms with Crippen LogP contribution in [0.5, 0.6) is 5.75 Å². The average Bonchev–Trinajstić information content (AvgIpc) is 3.20. The largest absolute Gasteiger partial charge is 0.483 e. The molecule has 1 aliphatic rings. The van der Waals surface area contributed by atoms with Crippen LogP contribution in [0.4, 0.5) is 0 Å². The highest BCUT2D eigenvalue weighted by Crippen LogP contribution is 2.26. The van der Waals surface area contributed by atoms with Gasteiger partial charge in [-0.2, -0.15) is 0 Å². The summed E-state index contributed by atoms with van der Waals surface area (Å²) in [5.74, 6) is -0.667. The Kier molecular flexibility index (Phi) is 4.28. The third-order valence-corrected chi connectivity index (χ3v) is 3.91. The maximum Gasteiger partial charge on any atom is 0.335 e. The number of carboxylic acid groups (broad SMARTS) is 1. The lowest BCUT2D eigenvalue weighted by molar-refractivity contribution is -0.132. The van der Waals surface area contributed by atoms with E-state index < -0.39 is 5.97 Å². The molecule has 1 aliphatic carbocycles. The number of carbonyl (C=O) groups is 2. The Hall–Kier alpha value is -1.31. The van der Waals surface area contributed by atoms with Crippen LogP contribution in [0.25, 0.3) is 0 Å². The molecular formula is C13H14INO4. The van der Waals surface area contributed by atoms with Crippen LogP contribution in [0.15, 0.2) is 18.2 Å². The van der Waals surface area contributed by atoms with Crippen molar-refractivity contribution in [1.29, 1.82) is 0 Å². The number of nitrogens with zero attached hydrogens (tertiary/aromatic N) is 1. The molecule has 1 fully saturated rings. The van der Waals surface area contributed by atoms with E-state index >= 15 is 0 Å². The zero-order chi connectivity index (χ0) is 14.0. The Morgan fingerprint density at radius 1 is 1.47 bits per heavy atom. The quantitative estimate of drug-likeness (QED) is 0.800. The standard InChI is InChI=1S/C13H14INO4/c1-15(9-3-4-9)12(16)7-19-11-6-8(13(17)18)2-5-10(11)14/h2,5-6,9H,3-4,7H2,1H3,(H,17,18). The fourth-order valence-electron chi connectivity index (χ4n) is 1.65. The van der Waals surface area contributed by atoms with Gasteiger partial charge in [0.15, 0.2) is 6.61 Å². The average molecular weight is 375 g/mol. The van der Waals surface area contributed by atoms with Gasteiger partial charge in [-0.3, -0.25) is 4.79 Å². The minimum atomic E-state index is -1.01. The zero-order valence-electron chi connectivity index (χ0n) is 10.4. The molecule has 19 heavy (non-hydrogen) atoms. The lowest BCUT2D eigenvalue weighted by Crippen LogP contribution is -2.33. The lowest BCUT2D eigenvalue weighted by atomic mass is 10.2. The smallest absolute Gasteiger partial charge is 0.335 e. The van der Waals surface area contributed by atoms with Gasteiger partial charge >= 0.3 is 5.97 Å². The van der Waals surface area contributed by atoms with Crippen molar-refractivity contribution in [1.82, 2.24) is 4.90 Å². The third kappa shape index (κ3) is 3.59. The van der Waals surface area contributed by atoms with Crippen molar-refractivity contribution in [2.75, 3.05) is 13.7 Å². The van der Waals surface area contributed by atoms with Gasteiger partial charge in [-0.25, -0.2) is 4.79 Å².